The number of carbonyl (C=O) groups is 2. The number of halogens is 1. The number of nitrogens with zero attached hydrogens (tertiary/aromatic N) is 3. The van der Waals surface area contributed by atoms with Gasteiger partial charge in [0, 0.05) is 29.0 Å². The maximum Gasteiger partial charge on any atom is 0.237 e. The van der Waals surface area contributed by atoms with Crippen molar-refractivity contribution in [2.75, 3.05) is 10.6 Å². The van der Waals surface area contributed by atoms with Gasteiger partial charge in [-0.05, 0) is 62.7 Å². The van der Waals surface area contributed by atoms with E-state index in [1.54, 1.807) is 24.3 Å². The first-order chi connectivity index (χ1) is 14.7. The highest BCUT2D eigenvalue weighted by atomic mass is 35.5. The van der Waals surface area contributed by atoms with E-state index < -0.39 is 0 Å². The SMILES string of the molecule is CC(=O)c1ccc(NC(=O)[C@H](C)Sc2nnc(CNc3ccc(C)c(Cl)c3)n2C)cc1. The fourth-order valence-electron chi connectivity index (χ4n) is 2.73. The lowest BCUT2D eigenvalue weighted by Crippen LogP contribution is -2.23. The van der Waals surface area contributed by atoms with Crippen LogP contribution in [0, 0.1) is 6.92 Å². The molecule has 0 spiro atoms. The van der Waals surface area contributed by atoms with Gasteiger partial charge in [-0.1, -0.05) is 29.4 Å². The zero-order valence-electron chi connectivity index (χ0n) is 17.8. The summed E-state index contributed by atoms with van der Waals surface area (Å²) in [5, 5.41) is 15.5. The van der Waals surface area contributed by atoms with Crippen molar-refractivity contribution in [3.05, 3.63) is 64.4 Å². The smallest absolute Gasteiger partial charge is 0.237 e. The summed E-state index contributed by atoms with van der Waals surface area (Å²) >= 11 is 7.49. The molecule has 9 heteroatoms. The number of aryl methyl sites for hydroxylation is 1. The van der Waals surface area contributed by atoms with Gasteiger partial charge in [0.25, 0.3) is 0 Å². The number of aromatic nitrogens is 3. The van der Waals surface area contributed by atoms with Crippen molar-refractivity contribution in [1.29, 1.82) is 0 Å². The molecule has 1 aromatic heterocycles. The monoisotopic (exact) mass is 457 g/mol. The normalized spacial score (nSPS) is 11.8. The highest BCUT2D eigenvalue weighted by molar-refractivity contribution is 8.00. The van der Waals surface area contributed by atoms with E-state index in [0.717, 1.165) is 17.1 Å². The number of amides is 1. The van der Waals surface area contributed by atoms with Gasteiger partial charge in [-0.2, -0.15) is 0 Å². The molecule has 0 aliphatic heterocycles. The fourth-order valence-corrected chi connectivity index (χ4v) is 3.74. The largest absolute Gasteiger partial charge is 0.378 e. The van der Waals surface area contributed by atoms with Crippen LogP contribution in [0.5, 0.6) is 0 Å². The molecule has 2 aromatic carbocycles. The predicted molar refractivity (Wildman–Crippen MR) is 125 cm³/mol. The van der Waals surface area contributed by atoms with Crippen LogP contribution in [0.2, 0.25) is 5.02 Å². The van der Waals surface area contributed by atoms with Crippen LogP contribution in [0.1, 0.15) is 35.6 Å². The molecule has 1 atom stereocenters. The second-order valence-electron chi connectivity index (χ2n) is 7.16. The van der Waals surface area contributed by atoms with E-state index in [1.165, 1.54) is 18.7 Å². The zero-order valence-corrected chi connectivity index (χ0v) is 19.3. The van der Waals surface area contributed by atoms with Crippen molar-refractivity contribution in [2.24, 2.45) is 7.05 Å². The van der Waals surface area contributed by atoms with E-state index in [-0.39, 0.29) is 16.9 Å². The summed E-state index contributed by atoms with van der Waals surface area (Å²) in [7, 11) is 1.87. The summed E-state index contributed by atoms with van der Waals surface area (Å²) in [6.07, 6.45) is 0. The Kier molecular flexibility index (Phi) is 7.35. The van der Waals surface area contributed by atoms with Crippen molar-refractivity contribution < 1.29 is 9.59 Å². The molecule has 3 rings (SSSR count). The Morgan fingerprint density at radius 3 is 2.45 bits per heavy atom. The highest BCUT2D eigenvalue weighted by Crippen LogP contribution is 2.24. The van der Waals surface area contributed by atoms with Crippen molar-refractivity contribution in [1.82, 2.24) is 14.8 Å². The molecule has 162 valence electrons. The first-order valence-corrected chi connectivity index (χ1v) is 11.0. The summed E-state index contributed by atoms with van der Waals surface area (Å²) in [6.45, 7) is 5.75. The van der Waals surface area contributed by atoms with E-state index in [2.05, 4.69) is 20.8 Å². The van der Waals surface area contributed by atoms with Gasteiger partial charge in [-0.25, -0.2) is 0 Å². The third-order valence-electron chi connectivity index (χ3n) is 4.76. The standard InChI is InChI=1S/C22H24ClN5O2S/c1-13-5-8-18(11-19(13)23)24-12-20-26-27-22(28(20)4)31-15(3)21(30)25-17-9-6-16(7-10-17)14(2)29/h5-11,15,24H,12H2,1-4H3,(H,25,30)/t15-/m0/s1. The van der Waals surface area contributed by atoms with Crippen LogP contribution >= 0.6 is 23.4 Å². The number of benzene rings is 2. The lowest BCUT2D eigenvalue weighted by atomic mass is 10.1. The molecule has 1 amide bonds. The maximum absolute atomic E-state index is 12.5. The topological polar surface area (TPSA) is 88.9 Å². The van der Waals surface area contributed by atoms with Gasteiger partial charge in [-0.15, -0.1) is 10.2 Å². The minimum atomic E-state index is -0.382. The van der Waals surface area contributed by atoms with Gasteiger partial charge in [-0.3, -0.25) is 9.59 Å². The Labute approximate surface area is 190 Å². The minimum Gasteiger partial charge on any atom is -0.378 e. The highest BCUT2D eigenvalue weighted by Gasteiger charge is 2.19. The average molecular weight is 458 g/mol. The number of Topliss-reactive ketones (excluding diaryl/α,β-unsaturated/α-hetero) is 1. The lowest BCUT2D eigenvalue weighted by Gasteiger charge is -2.12. The first kappa shape index (κ1) is 22.8. The summed E-state index contributed by atoms with van der Waals surface area (Å²) in [5.41, 5.74) is 3.17. The second-order valence-corrected chi connectivity index (χ2v) is 8.87. The van der Waals surface area contributed by atoms with Gasteiger partial charge in [0.2, 0.25) is 5.91 Å². The molecule has 0 aliphatic carbocycles. The van der Waals surface area contributed by atoms with Crippen molar-refractivity contribution in [3.8, 4) is 0 Å². The van der Waals surface area contributed by atoms with Gasteiger partial charge in [0.1, 0.15) is 0 Å². The Hall–Kier alpha value is -2.84. The number of anilines is 2. The third-order valence-corrected chi connectivity index (χ3v) is 6.30. The first-order valence-electron chi connectivity index (χ1n) is 9.71. The van der Waals surface area contributed by atoms with Crippen molar-refractivity contribution >= 4 is 46.4 Å². The molecule has 0 fully saturated rings. The number of nitrogens with one attached hydrogen (secondary N) is 2. The van der Waals surface area contributed by atoms with Gasteiger partial charge in [0.05, 0.1) is 11.8 Å². The van der Waals surface area contributed by atoms with Gasteiger partial charge < -0.3 is 15.2 Å². The third kappa shape index (κ3) is 5.86. The molecule has 2 N–H and O–H groups in total. The van der Waals surface area contributed by atoms with Crippen molar-refractivity contribution in [2.45, 2.75) is 37.7 Å². The summed E-state index contributed by atoms with van der Waals surface area (Å²) in [6, 6.07) is 12.6. The fraction of sp³-hybridized carbons (Fsp3) is 0.273. The molecular weight excluding hydrogens is 434 g/mol. The van der Waals surface area contributed by atoms with E-state index in [4.69, 9.17) is 11.6 Å². The molecule has 7 nitrogen and oxygen atoms in total. The minimum absolute atomic E-state index is 0.0140. The number of thioether (sulfide) groups is 1. The molecule has 0 bridgehead atoms. The molecule has 0 aliphatic rings. The molecule has 0 radical (unpaired) electrons. The average Bonchev–Trinajstić information content (AvgIpc) is 3.08. The molecular formula is C22H24ClN5O2S. The summed E-state index contributed by atoms with van der Waals surface area (Å²) in [5.74, 6) is 0.573. The Morgan fingerprint density at radius 1 is 1.13 bits per heavy atom. The van der Waals surface area contributed by atoms with Crippen LogP contribution in [0.25, 0.3) is 0 Å². The molecule has 1 heterocycles. The summed E-state index contributed by atoms with van der Waals surface area (Å²) < 4.78 is 1.86. The van der Waals surface area contributed by atoms with Crippen LogP contribution in [0.3, 0.4) is 0 Å². The van der Waals surface area contributed by atoms with Crippen LogP contribution in [0.4, 0.5) is 11.4 Å². The number of hydrogen-bond donors (Lipinski definition) is 2. The molecule has 31 heavy (non-hydrogen) atoms. The molecule has 0 unspecified atom stereocenters. The lowest BCUT2D eigenvalue weighted by molar-refractivity contribution is -0.115. The van der Waals surface area contributed by atoms with Crippen LogP contribution in [-0.2, 0) is 18.4 Å². The number of rotatable bonds is 8. The van der Waals surface area contributed by atoms with Crippen LogP contribution < -0.4 is 10.6 Å². The van der Waals surface area contributed by atoms with E-state index in [0.29, 0.717) is 28.0 Å². The summed E-state index contributed by atoms with van der Waals surface area (Å²) in [4.78, 5) is 23.9. The maximum atomic E-state index is 12.5. The number of hydrogen-bond acceptors (Lipinski definition) is 6. The van der Waals surface area contributed by atoms with Gasteiger partial charge >= 0.3 is 0 Å². The Bertz CT molecular complexity index is 1100. The van der Waals surface area contributed by atoms with E-state index in [9.17, 15) is 9.59 Å². The predicted octanol–water partition coefficient (Wildman–Crippen LogP) is 4.71. The van der Waals surface area contributed by atoms with Gasteiger partial charge in [0.15, 0.2) is 16.8 Å². The number of ketones is 1. The Morgan fingerprint density at radius 2 is 1.81 bits per heavy atom. The molecule has 3 aromatic rings. The zero-order chi connectivity index (χ0) is 22.5. The number of carbonyl (C=O) groups excluding carboxylic acids is 2. The quantitative estimate of drug-likeness (QED) is 0.376. The van der Waals surface area contributed by atoms with E-state index in [1.807, 2.05) is 43.7 Å². The van der Waals surface area contributed by atoms with Crippen LogP contribution in [0.15, 0.2) is 47.6 Å². The van der Waals surface area contributed by atoms with Crippen LogP contribution in [-0.4, -0.2) is 31.7 Å². The molecule has 0 saturated heterocycles. The Balaban J connectivity index is 1.58. The van der Waals surface area contributed by atoms with Crippen molar-refractivity contribution in [3.63, 3.8) is 0 Å². The molecule has 0 saturated carbocycles. The second kappa shape index (κ2) is 9.98. The van der Waals surface area contributed by atoms with E-state index >= 15 is 0 Å².